The van der Waals surface area contributed by atoms with Crippen molar-refractivity contribution < 1.29 is 0 Å². The first-order valence-electron chi connectivity index (χ1n) is 12.9. The van der Waals surface area contributed by atoms with Crippen LogP contribution in [0.25, 0.3) is 17.2 Å². The lowest BCUT2D eigenvalue weighted by Crippen LogP contribution is -2.36. The van der Waals surface area contributed by atoms with E-state index in [0.29, 0.717) is 29.3 Å². The van der Waals surface area contributed by atoms with Gasteiger partial charge >= 0.3 is 0 Å². The van der Waals surface area contributed by atoms with Crippen LogP contribution in [0.1, 0.15) is 30.5 Å². The molecule has 3 N–H and O–H groups in total. The molecule has 38 heavy (non-hydrogen) atoms. The number of aliphatic imine (C=N–C) groups is 1. The molecule has 1 atom stereocenters. The maximum Gasteiger partial charge on any atom is 0.229 e. The van der Waals surface area contributed by atoms with E-state index in [-0.39, 0.29) is 0 Å². The number of nitrogens with one attached hydrogen (secondary N) is 3. The fraction of sp³-hybridized carbons (Fsp3) is 0.241. The smallest absolute Gasteiger partial charge is 0.229 e. The van der Waals surface area contributed by atoms with Crippen LogP contribution in [0.4, 0.5) is 23.3 Å². The summed E-state index contributed by atoms with van der Waals surface area (Å²) in [5.41, 5.74) is 6.01. The van der Waals surface area contributed by atoms with Gasteiger partial charge < -0.3 is 16.0 Å². The van der Waals surface area contributed by atoms with E-state index >= 15 is 0 Å². The van der Waals surface area contributed by atoms with Crippen molar-refractivity contribution in [3.63, 3.8) is 0 Å². The van der Waals surface area contributed by atoms with Crippen LogP contribution in [-0.2, 0) is 0 Å². The van der Waals surface area contributed by atoms with Crippen molar-refractivity contribution in [3.05, 3.63) is 84.3 Å². The summed E-state index contributed by atoms with van der Waals surface area (Å²) < 4.78 is 0. The first kappa shape index (κ1) is 23.9. The minimum atomic E-state index is 0.488. The Bertz CT molecular complexity index is 1490. The molecule has 0 saturated carbocycles. The highest BCUT2D eigenvalue weighted by Crippen LogP contribution is 2.28. The molecule has 9 nitrogen and oxygen atoms in total. The number of benzene rings is 1. The summed E-state index contributed by atoms with van der Waals surface area (Å²) in [5.74, 6) is 2.90. The van der Waals surface area contributed by atoms with Gasteiger partial charge in [-0.2, -0.15) is 4.98 Å². The Hall–Kier alpha value is -4.50. The van der Waals surface area contributed by atoms with Crippen molar-refractivity contribution in [1.82, 2.24) is 30.2 Å². The number of fused-ring (bicyclic) bond motifs is 1. The predicted octanol–water partition coefficient (Wildman–Crippen LogP) is 5.31. The van der Waals surface area contributed by atoms with E-state index in [1.807, 2.05) is 37.3 Å². The van der Waals surface area contributed by atoms with Gasteiger partial charge in [0.1, 0.15) is 17.3 Å². The van der Waals surface area contributed by atoms with Gasteiger partial charge in [-0.05, 0) is 74.7 Å². The summed E-state index contributed by atoms with van der Waals surface area (Å²) in [4.78, 5) is 27.4. The highest BCUT2D eigenvalue weighted by molar-refractivity contribution is 5.94. The van der Waals surface area contributed by atoms with E-state index in [0.717, 1.165) is 47.8 Å². The molecular weight excluding hydrogens is 474 g/mol. The normalized spacial score (nSPS) is 17.0. The lowest BCUT2D eigenvalue weighted by Gasteiger charge is -2.23. The number of rotatable bonds is 6. The molecule has 2 aliphatic rings. The van der Waals surface area contributed by atoms with Crippen LogP contribution >= 0.6 is 0 Å². The molecule has 0 radical (unpaired) electrons. The lowest BCUT2D eigenvalue weighted by molar-refractivity contribution is 0.515. The number of nitrogens with zero attached hydrogens (tertiary/aromatic N) is 6. The summed E-state index contributed by atoms with van der Waals surface area (Å²) in [7, 11) is 0. The molecule has 0 amide bonds. The van der Waals surface area contributed by atoms with E-state index in [1.165, 1.54) is 18.6 Å². The van der Waals surface area contributed by atoms with Crippen LogP contribution < -0.4 is 16.0 Å². The van der Waals surface area contributed by atoms with Gasteiger partial charge in [-0.1, -0.05) is 24.3 Å². The average molecular weight is 504 g/mol. The van der Waals surface area contributed by atoms with Gasteiger partial charge in [0.2, 0.25) is 5.95 Å². The van der Waals surface area contributed by atoms with E-state index in [1.54, 1.807) is 24.5 Å². The van der Waals surface area contributed by atoms with E-state index in [4.69, 9.17) is 4.99 Å². The summed E-state index contributed by atoms with van der Waals surface area (Å²) in [6, 6.07) is 17.6. The zero-order chi connectivity index (χ0) is 25.7. The highest BCUT2D eigenvalue weighted by atomic mass is 15.2. The number of pyridine rings is 1. The summed E-state index contributed by atoms with van der Waals surface area (Å²) in [5, 5.41) is 9.98. The third kappa shape index (κ3) is 5.57. The fourth-order valence-electron chi connectivity index (χ4n) is 4.74. The van der Waals surface area contributed by atoms with Gasteiger partial charge in [0, 0.05) is 41.9 Å². The van der Waals surface area contributed by atoms with E-state index in [9.17, 15) is 0 Å². The minimum Gasteiger partial charge on any atom is -0.325 e. The van der Waals surface area contributed by atoms with Crippen molar-refractivity contribution >= 4 is 34.7 Å². The molecule has 0 spiro atoms. The highest BCUT2D eigenvalue weighted by Gasteiger charge is 2.22. The van der Waals surface area contributed by atoms with Crippen molar-refractivity contribution in [2.24, 2.45) is 10.9 Å². The maximum atomic E-state index is 5.01. The van der Waals surface area contributed by atoms with Crippen LogP contribution in [-0.4, -0.2) is 43.7 Å². The molecule has 4 aromatic rings. The number of hydrogen-bond acceptors (Lipinski definition) is 9. The number of allylic oxidation sites excluding steroid dienone is 1. The number of aryl methyl sites for hydroxylation is 1. The molecule has 0 bridgehead atoms. The van der Waals surface area contributed by atoms with Crippen molar-refractivity contribution in [2.45, 2.75) is 26.2 Å². The second-order valence-electron chi connectivity index (χ2n) is 9.45. The zero-order valence-corrected chi connectivity index (χ0v) is 21.2. The SMILES string of the molecule is Cc1cccc(-c2nccc(Nc3ccnc(Nc4ccc(C5=CCCC6CCNCC6=N5)cc4)n3)n2)n1. The minimum absolute atomic E-state index is 0.488. The van der Waals surface area contributed by atoms with Crippen LogP contribution in [0, 0.1) is 12.8 Å². The molecule has 1 fully saturated rings. The van der Waals surface area contributed by atoms with Gasteiger partial charge in [0.15, 0.2) is 5.82 Å². The molecule has 1 saturated heterocycles. The van der Waals surface area contributed by atoms with Gasteiger partial charge in [-0.25, -0.2) is 19.9 Å². The molecule has 9 heteroatoms. The Morgan fingerprint density at radius 2 is 1.68 bits per heavy atom. The summed E-state index contributed by atoms with van der Waals surface area (Å²) in [6.45, 7) is 3.92. The summed E-state index contributed by atoms with van der Waals surface area (Å²) >= 11 is 0. The number of piperidine rings is 1. The zero-order valence-electron chi connectivity index (χ0n) is 21.2. The van der Waals surface area contributed by atoms with Crippen LogP contribution in [0.2, 0.25) is 0 Å². The topological polar surface area (TPSA) is 113 Å². The molecule has 1 aromatic carbocycles. The maximum absolute atomic E-state index is 5.01. The second-order valence-corrected chi connectivity index (χ2v) is 9.45. The molecule has 5 heterocycles. The van der Waals surface area contributed by atoms with Gasteiger partial charge in [0.25, 0.3) is 0 Å². The number of aromatic nitrogens is 5. The third-order valence-corrected chi connectivity index (χ3v) is 6.69. The first-order chi connectivity index (χ1) is 18.7. The van der Waals surface area contributed by atoms with Crippen molar-refractivity contribution in [1.29, 1.82) is 0 Å². The standard InChI is InChI=1S/C29H29N9/c1-19-4-2-7-24(33-19)28-31-16-13-26(37-28)36-27-14-17-32-29(38-27)34-22-10-8-21(9-11-22)23-6-3-5-20-12-15-30-18-25(20)35-23/h2,4,6-11,13-14,16-17,20,30H,3,5,12,15,18H2,1H3,(H2,31,32,34,36,37,38). The lowest BCUT2D eigenvalue weighted by atomic mass is 9.92. The molecule has 1 unspecified atom stereocenters. The average Bonchev–Trinajstić information content (AvgIpc) is 3.17. The molecule has 6 rings (SSSR count). The summed E-state index contributed by atoms with van der Waals surface area (Å²) in [6.07, 6.45) is 9.10. The molecule has 190 valence electrons. The number of hydrogen-bond donors (Lipinski definition) is 3. The Morgan fingerprint density at radius 1 is 0.842 bits per heavy atom. The number of anilines is 4. The monoisotopic (exact) mass is 503 g/mol. The van der Waals surface area contributed by atoms with Gasteiger partial charge in [-0.15, -0.1) is 0 Å². The van der Waals surface area contributed by atoms with Crippen molar-refractivity contribution in [2.75, 3.05) is 23.7 Å². The molecule has 0 aliphatic carbocycles. The van der Waals surface area contributed by atoms with Crippen LogP contribution in [0.5, 0.6) is 0 Å². The fourth-order valence-corrected chi connectivity index (χ4v) is 4.74. The Morgan fingerprint density at radius 3 is 2.55 bits per heavy atom. The Balaban J connectivity index is 1.14. The van der Waals surface area contributed by atoms with Crippen molar-refractivity contribution in [3.8, 4) is 11.5 Å². The predicted molar refractivity (Wildman–Crippen MR) is 151 cm³/mol. The van der Waals surface area contributed by atoms with Crippen LogP contribution in [0.3, 0.4) is 0 Å². The molecule has 3 aromatic heterocycles. The molecular formula is C29H29N9. The third-order valence-electron chi connectivity index (χ3n) is 6.69. The Kier molecular flexibility index (Phi) is 6.82. The molecule has 2 aliphatic heterocycles. The quantitative estimate of drug-likeness (QED) is 0.324. The van der Waals surface area contributed by atoms with Crippen LogP contribution in [0.15, 0.2) is 78.1 Å². The first-order valence-corrected chi connectivity index (χ1v) is 12.9. The van der Waals surface area contributed by atoms with Gasteiger partial charge in [0.05, 0.1) is 5.70 Å². The second kappa shape index (κ2) is 10.9. The Labute approximate surface area is 221 Å². The van der Waals surface area contributed by atoms with E-state index < -0.39 is 0 Å². The van der Waals surface area contributed by atoms with E-state index in [2.05, 4.69) is 59.1 Å². The van der Waals surface area contributed by atoms with Gasteiger partial charge in [-0.3, -0.25) is 4.99 Å². The largest absolute Gasteiger partial charge is 0.325 e.